The highest BCUT2D eigenvalue weighted by Crippen LogP contribution is 2.25. The highest BCUT2D eigenvalue weighted by atomic mass is 16.5. The van der Waals surface area contributed by atoms with Gasteiger partial charge < -0.3 is 15.4 Å². The van der Waals surface area contributed by atoms with Crippen molar-refractivity contribution in [3.8, 4) is 0 Å². The van der Waals surface area contributed by atoms with E-state index in [1.54, 1.807) is 0 Å². The summed E-state index contributed by atoms with van der Waals surface area (Å²) in [4.78, 5) is 9.95. The molecule has 0 saturated carbocycles. The first-order chi connectivity index (χ1) is 13.4. The van der Waals surface area contributed by atoms with E-state index >= 15 is 0 Å². The lowest BCUT2D eigenvalue weighted by molar-refractivity contribution is 0.0389. The Hall–Kier alpha value is -1.63. The Labute approximate surface area is 164 Å². The number of benzene rings is 1. The number of hydrogen-bond donors (Lipinski definition) is 2. The van der Waals surface area contributed by atoms with E-state index in [0.717, 1.165) is 58.4 Å². The molecule has 27 heavy (non-hydrogen) atoms. The van der Waals surface area contributed by atoms with Crippen LogP contribution >= 0.6 is 0 Å². The second-order valence-electron chi connectivity index (χ2n) is 7.27. The monoisotopic (exact) mass is 373 g/mol. The van der Waals surface area contributed by atoms with E-state index in [2.05, 4.69) is 57.7 Å². The van der Waals surface area contributed by atoms with E-state index in [1.807, 2.05) is 0 Å². The Morgan fingerprint density at radius 2 is 1.81 bits per heavy atom. The van der Waals surface area contributed by atoms with Crippen LogP contribution in [-0.4, -0.2) is 81.3 Å². The molecule has 0 spiro atoms. The molecule has 0 aromatic heterocycles. The van der Waals surface area contributed by atoms with Gasteiger partial charge in [0.2, 0.25) is 0 Å². The maximum atomic E-state index is 5.42. The highest BCUT2D eigenvalue weighted by molar-refractivity contribution is 5.79. The Morgan fingerprint density at radius 3 is 2.52 bits per heavy atom. The number of hydrogen-bond acceptors (Lipinski definition) is 4. The van der Waals surface area contributed by atoms with Crippen LogP contribution in [0, 0.1) is 0 Å². The van der Waals surface area contributed by atoms with E-state index in [1.165, 1.54) is 31.5 Å². The molecule has 6 nitrogen and oxygen atoms in total. The molecule has 0 radical (unpaired) electrons. The van der Waals surface area contributed by atoms with E-state index in [0.29, 0.717) is 6.04 Å². The van der Waals surface area contributed by atoms with Gasteiger partial charge >= 0.3 is 0 Å². The molecular weight excluding hydrogens is 338 g/mol. The third-order valence-electron chi connectivity index (χ3n) is 5.36. The van der Waals surface area contributed by atoms with Crippen LogP contribution in [0.25, 0.3) is 0 Å². The predicted octanol–water partition coefficient (Wildman–Crippen LogP) is 1.71. The van der Waals surface area contributed by atoms with Gasteiger partial charge in [-0.05, 0) is 38.4 Å². The largest absolute Gasteiger partial charge is 0.379 e. The maximum absolute atomic E-state index is 5.42. The van der Waals surface area contributed by atoms with Crippen molar-refractivity contribution in [3.05, 3.63) is 35.9 Å². The van der Waals surface area contributed by atoms with Crippen molar-refractivity contribution in [2.24, 2.45) is 4.99 Å². The van der Waals surface area contributed by atoms with Gasteiger partial charge in [0.1, 0.15) is 0 Å². The quantitative estimate of drug-likeness (QED) is 0.537. The van der Waals surface area contributed by atoms with Crippen molar-refractivity contribution < 1.29 is 4.74 Å². The number of nitrogens with one attached hydrogen (secondary N) is 2. The average molecular weight is 374 g/mol. The molecule has 1 aromatic carbocycles. The molecule has 0 amide bonds. The molecule has 150 valence electrons. The van der Waals surface area contributed by atoms with Crippen LogP contribution in [0.3, 0.4) is 0 Å². The molecule has 1 unspecified atom stereocenters. The van der Waals surface area contributed by atoms with Crippen LogP contribution in [0.15, 0.2) is 35.3 Å². The van der Waals surface area contributed by atoms with Crippen molar-refractivity contribution in [1.29, 1.82) is 0 Å². The Morgan fingerprint density at radius 1 is 1.07 bits per heavy atom. The van der Waals surface area contributed by atoms with Crippen LogP contribution in [0.5, 0.6) is 0 Å². The van der Waals surface area contributed by atoms with Gasteiger partial charge in [0, 0.05) is 32.7 Å². The molecule has 2 aliphatic heterocycles. The molecule has 2 N–H and O–H groups in total. The zero-order valence-corrected chi connectivity index (χ0v) is 16.7. The molecule has 2 aliphatic rings. The molecule has 2 fully saturated rings. The number of guanidine groups is 1. The van der Waals surface area contributed by atoms with E-state index in [-0.39, 0.29) is 0 Å². The maximum Gasteiger partial charge on any atom is 0.191 e. The van der Waals surface area contributed by atoms with Gasteiger partial charge in [-0.1, -0.05) is 30.3 Å². The summed E-state index contributed by atoms with van der Waals surface area (Å²) in [5, 5.41) is 6.90. The Kier molecular flexibility index (Phi) is 8.39. The fourth-order valence-corrected chi connectivity index (χ4v) is 3.84. The van der Waals surface area contributed by atoms with Crippen molar-refractivity contribution >= 4 is 5.96 Å². The number of likely N-dealkylation sites (tertiary alicyclic amines) is 1. The summed E-state index contributed by atoms with van der Waals surface area (Å²) < 4.78 is 5.42. The van der Waals surface area contributed by atoms with Crippen LogP contribution in [0.2, 0.25) is 0 Å². The van der Waals surface area contributed by atoms with Crippen LogP contribution in [0.4, 0.5) is 0 Å². The second-order valence-corrected chi connectivity index (χ2v) is 7.27. The highest BCUT2D eigenvalue weighted by Gasteiger charge is 2.23. The zero-order chi connectivity index (χ0) is 18.7. The lowest BCUT2D eigenvalue weighted by Gasteiger charge is -2.28. The first-order valence-electron chi connectivity index (χ1n) is 10.5. The average Bonchev–Trinajstić information content (AvgIpc) is 3.24. The van der Waals surface area contributed by atoms with Gasteiger partial charge in [-0.25, -0.2) is 0 Å². The van der Waals surface area contributed by atoms with Crippen LogP contribution in [0.1, 0.15) is 31.4 Å². The predicted molar refractivity (Wildman–Crippen MR) is 111 cm³/mol. The van der Waals surface area contributed by atoms with Gasteiger partial charge in [0.15, 0.2) is 5.96 Å². The molecule has 2 heterocycles. The molecule has 0 aliphatic carbocycles. The molecular formula is C21H35N5O. The first kappa shape index (κ1) is 20.1. The summed E-state index contributed by atoms with van der Waals surface area (Å²) in [5.41, 5.74) is 1.37. The SMILES string of the molecule is CCNC(=NCC(c1ccccc1)N1CCCC1)NCCN1CCOCC1. The number of morpholine rings is 1. The van der Waals surface area contributed by atoms with Gasteiger partial charge in [-0.2, -0.15) is 0 Å². The molecule has 2 saturated heterocycles. The first-order valence-corrected chi connectivity index (χ1v) is 10.5. The van der Waals surface area contributed by atoms with Gasteiger partial charge in [-0.15, -0.1) is 0 Å². The Bertz CT molecular complexity index is 553. The summed E-state index contributed by atoms with van der Waals surface area (Å²) in [5.74, 6) is 0.922. The van der Waals surface area contributed by atoms with Crippen LogP contribution < -0.4 is 10.6 Å². The summed E-state index contributed by atoms with van der Waals surface area (Å²) >= 11 is 0. The fraction of sp³-hybridized carbons (Fsp3) is 0.667. The van der Waals surface area contributed by atoms with Crippen molar-refractivity contribution in [3.63, 3.8) is 0 Å². The lowest BCUT2D eigenvalue weighted by Crippen LogP contribution is -2.44. The smallest absolute Gasteiger partial charge is 0.191 e. The van der Waals surface area contributed by atoms with Crippen molar-refractivity contribution in [2.45, 2.75) is 25.8 Å². The summed E-state index contributed by atoms with van der Waals surface area (Å²) in [7, 11) is 0. The summed E-state index contributed by atoms with van der Waals surface area (Å²) in [6.45, 7) is 11.8. The standard InChI is InChI=1S/C21H35N5O/c1-2-22-21(23-10-13-25-14-16-27-17-15-25)24-18-20(26-11-6-7-12-26)19-8-4-3-5-9-19/h3-5,8-9,20H,2,6-7,10-18H2,1H3,(H2,22,23,24). The minimum absolute atomic E-state index is 0.364. The third-order valence-corrected chi connectivity index (χ3v) is 5.36. The topological polar surface area (TPSA) is 52.1 Å². The number of nitrogens with zero attached hydrogens (tertiary/aromatic N) is 3. The molecule has 1 atom stereocenters. The van der Waals surface area contributed by atoms with Crippen molar-refractivity contribution in [2.75, 3.05) is 65.6 Å². The summed E-state index contributed by atoms with van der Waals surface area (Å²) in [6, 6.07) is 11.2. The molecule has 1 aromatic rings. The molecule has 3 rings (SSSR count). The zero-order valence-electron chi connectivity index (χ0n) is 16.7. The third kappa shape index (κ3) is 6.48. The van der Waals surface area contributed by atoms with Crippen molar-refractivity contribution in [1.82, 2.24) is 20.4 Å². The lowest BCUT2D eigenvalue weighted by atomic mass is 10.1. The van der Waals surface area contributed by atoms with E-state index in [4.69, 9.17) is 9.73 Å². The normalized spacial score (nSPS) is 20.6. The van der Waals surface area contributed by atoms with E-state index < -0.39 is 0 Å². The Balaban J connectivity index is 1.56. The van der Waals surface area contributed by atoms with E-state index in [9.17, 15) is 0 Å². The van der Waals surface area contributed by atoms with Gasteiger partial charge in [0.25, 0.3) is 0 Å². The van der Waals surface area contributed by atoms with Gasteiger partial charge in [-0.3, -0.25) is 14.8 Å². The fourth-order valence-electron chi connectivity index (χ4n) is 3.84. The second kappa shape index (κ2) is 11.3. The molecule has 0 bridgehead atoms. The molecule has 6 heteroatoms. The minimum atomic E-state index is 0.364. The number of aliphatic imine (C=N–C) groups is 1. The number of rotatable bonds is 8. The number of ether oxygens (including phenoxy) is 1. The van der Waals surface area contributed by atoms with Crippen LogP contribution in [-0.2, 0) is 4.74 Å². The summed E-state index contributed by atoms with van der Waals surface area (Å²) in [6.07, 6.45) is 2.59. The van der Waals surface area contributed by atoms with Gasteiger partial charge in [0.05, 0.1) is 25.8 Å². The minimum Gasteiger partial charge on any atom is -0.379 e.